The molecule has 0 spiro atoms. The fraction of sp³-hybridized carbons (Fsp3) is 0.350. The molecule has 0 saturated carbocycles. The number of nitrogens with zero attached hydrogens (tertiary/aromatic N) is 3. The van der Waals surface area contributed by atoms with Crippen molar-refractivity contribution in [2.45, 2.75) is 13.5 Å². The molecule has 0 amide bonds. The monoisotopic (exact) mass is 357 g/mol. The fourth-order valence-corrected chi connectivity index (χ4v) is 3.09. The van der Waals surface area contributed by atoms with Gasteiger partial charge in [-0.1, -0.05) is 35.9 Å². The van der Waals surface area contributed by atoms with E-state index in [1.54, 1.807) is 7.11 Å². The normalized spacial score (nSPS) is 16.1. The largest absolute Gasteiger partial charge is 0.497 e. The zero-order chi connectivity index (χ0) is 17.6. The van der Waals surface area contributed by atoms with Gasteiger partial charge in [-0.25, -0.2) is 0 Å². The molecule has 132 valence electrons. The summed E-state index contributed by atoms with van der Waals surface area (Å²) in [5.41, 5.74) is 3.42. The van der Waals surface area contributed by atoms with E-state index in [0.29, 0.717) is 0 Å². The first-order valence-electron chi connectivity index (χ1n) is 8.55. The first-order chi connectivity index (χ1) is 12.1. The average Bonchev–Trinajstić information content (AvgIpc) is 2.65. The molecule has 0 bridgehead atoms. The Morgan fingerprint density at radius 3 is 2.48 bits per heavy atom. The molecule has 1 aliphatic rings. The smallest absolute Gasteiger partial charge is 0.119 e. The number of rotatable bonds is 5. The van der Waals surface area contributed by atoms with Crippen LogP contribution in [0.1, 0.15) is 18.1 Å². The van der Waals surface area contributed by atoms with E-state index in [4.69, 9.17) is 21.4 Å². The van der Waals surface area contributed by atoms with E-state index in [0.717, 1.165) is 54.8 Å². The van der Waals surface area contributed by atoms with Crippen molar-refractivity contribution in [2.24, 2.45) is 5.10 Å². The van der Waals surface area contributed by atoms with Gasteiger partial charge in [0, 0.05) is 43.3 Å². The number of benzene rings is 2. The molecule has 0 atom stereocenters. The van der Waals surface area contributed by atoms with E-state index < -0.39 is 0 Å². The Balaban J connectivity index is 1.55. The summed E-state index contributed by atoms with van der Waals surface area (Å²) in [4.78, 5) is 2.45. The summed E-state index contributed by atoms with van der Waals surface area (Å²) in [6, 6.07) is 16.1. The van der Waals surface area contributed by atoms with Crippen molar-refractivity contribution in [1.29, 1.82) is 0 Å². The van der Waals surface area contributed by atoms with Crippen LogP contribution in [0, 0.1) is 0 Å². The number of piperazine rings is 1. The molecule has 2 aromatic carbocycles. The van der Waals surface area contributed by atoms with Gasteiger partial charge < -0.3 is 4.74 Å². The summed E-state index contributed by atoms with van der Waals surface area (Å²) in [5, 5.41) is 7.73. The second kappa shape index (κ2) is 8.37. The summed E-state index contributed by atoms with van der Waals surface area (Å²) >= 11 is 5.95. The maximum absolute atomic E-state index is 5.95. The van der Waals surface area contributed by atoms with Gasteiger partial charge in [0.1, 0.15) is 5.75 Å². The zero-order valence-electron chi connectivity index (χ0n) is 14.8. The molecule has 5 heteroatoms. The third kappa shape index (κ3) is 4.97. The molecule has 1 heterocycles. The molecular formula is C20H24ClN3O. The van der Waals surface area contributed by atoms with E-state index >= 15 is 0 Å². The van der Waals surface area contributed by atoms with E-state index in [1.807, 2.05) is 30.3 Å². The first kappa shape index (κ1) is 17.8. The first-order valence-corrected chi connectivity index (χ1v) is 8.93. The second-order valence-corrected chi connectivity index (χ2v) is 6.71. The third-order valence-corrected chi connectivity index (χ3v) is 4.70. The number of hydrogen-bond acceptors (Lipinski definition) is 4. The molecule has 1 fully saturated rings. The van der Waals surface area contributed by atoms with Crippen molar-refractivity contribution < 1.29 is 4.74 Å². The van der Waals surface area contributed by atoms with E-state index in [9.17, 15) is 0 Å². The molecule has 0 unspecified atom stereocenters. The number of hydrogen-bond donors (Lipinski definition) is 0. The molecule has 3 rings (SSSR count). The summed E-state index contributed by atoms with van der Waals surface area (Å²) in [7, 11) is 1.69. The van der Waals surface area contributed by atoms with Crippen LogP contribution in [-0.2, 0) is 6.54 Å². The van der Waals surface area contributed by atoms with Crippen LogP contribution in [0.15, 0.2) is 53.6 Å². The number of hydrazone groups is 1. The lowest BCUT2D eigenvalue weighted by Crippen LogP contribution is -2.43. The van der Waals surface area contributed by atoms with Crippen molar-refractivity contribution in [3.63, 3.8) is 0 Å². The Morgan fingerprint density at radius 2 is 1.80 bits per heavy atom. The Labute approximate surface area is 154 Å². The van der Waals surface area contributed by atoms with Crippen molar-refractivity contribution in [3.8, 4) is 5.75 Å². The number of methoxy groups -OCH3 is 1. The minimum absolute atomic E-state index is 0.788. The van der Waals surface area contributed by atoms with Gasteiger partial charge in [0.15, 0.2) is 0 Å². The van der Waals surface area contributed by atoms with Gasteiger partial charge in [-0.3, -0.25) is 9.91 Å². The molecule has 1 saturated heterocycles. The topological polar surface area (TPSA) is 28.1 Å². The molecule has 1 aliphatic heterocycles. The van der Waals surface area contributed by atoms with Gasteiger partial charge in [0.25, 0.3) is 0 Å². The highest BCUT2D eigenvalue weighted by atomic mass is 35.5. The lowest BCUT2D eigenvalue weighted by atomic mass is 10.1. The Bertz CT molecular complexity index is 722. The minimum Gasteiger partial charge on any atom is -0.497 e. The molecule has 4 nitrogen and oxygen atoms in total. The fourth-order valence-electron chi connectivity index (χ4n) is 2.96. The van der Waals surface area contributed by atoms with Gasteiger partial charge in [-0.05, 0) is 36.8 Å². The minimum atomic E-state index is 0.788. The van der Waals surface area contributed by atoms with E-state index in [-0.39, 0.29) is 0 Å². The predicted octanol–water partition coefficient (Wildman–Crippen LogP) is 3.89. The quantitative estimate of drug-likeness (QED) is 0.760. The Hall–Kier alpha value is -2.04. The van der Waals surface area contributed by atoms with Gasteiger partial charge in [0.05, 0.1) is 12.8 Å². The van der Waals surface area contributed by atoms with Crippen molar-refractivity contribution in [3.05, 3.63) is 64.7 Å². The summed E-state index contributed by atoms with van der Waals surface area (Å²) in [6.45, 7) is 6.91. The van der Waals surface area contributed by atoms with Crippen LogP contribution < -0.4 is 4.74 Å². The maximum Gasteiger partial charge on any atom is 0.119 e. The van der Waals surface area contributed by atoms with Crippen LogP contribution in [0.3, 0.4) is 0 Å². The standard InChI is InChI=1S/C20H24ClN3O/c1-16(18-4-3-5-20(14-18)25-2)22-24-12-10-23(11-13-24)15-17-6-8-19(21)9-7-17/h3-9,14H,10-13,15H2,1-2H3. The predicted molar refractivity (Wildman–Crippen MR) is 104 cm³/mol. The molecule has 0 radical (unpaired) electrons. The van der Waals surface area contributed by atoms with Crippen molar-refractivity contribution in [1.82, 2.24) is 9.91 Å². The van der Waals surface area contributed by atoms with E-state index in [1.165, 1.54) is 5.56 Å². The van der Waals surface area contributed by atoms with Crippen LogP contribution >= 0.6 is 11.6 Å². The zero-order valence-corrected chi connectivity index (χ0v) is 15.5. The second-order valence-electron chi connectivity index (χ2n) is 6.27. The highest BCUT2D eigenvalue weighted by Gasteiger charge is 2.16. The lowest BCUT2D eigenvalue weighted by Gasteiger charge is -2.33. The average molecular weight is 358 g/mol. The van der Waals surface area contributed by atoms with Gasteiger partial charge in [-0.2, -0.15) is 5.10 Å². The van der Waals surface area contributed by atoms with Gasteiger partial charge in [-0.15, -0.1) is 0 Å². The van der Waals surface area contributed by atoms with Crippen LogP contribution in [0.5, 0.6) is 5.75 Å². The van der Waals surface area contributed by atoms with E-state index in [2.05, 4.69) is 35.0 Å². The number of ether oxygens (including phenoxy) is 1. The SMILES string of the molecule is COc1cccc(C(C)=NN2CCN(Cc3ccc(Cl)cc3)CC2)c1. The summed E-state index contributed by atoms with van der Waals surface area (Å²) in [5.74, 6) is 0.861. The van der Waals surface area contributed by atoms with Crippen LogP contribution in [0.2, 0.25) is 5.02 Å². The Kier molecular flexibility index (Phi) is 5.95. The molecule has 0 N–H and O–H groups in total. The van der Waals surface area contributed by atoms with Crippen LogP contribution in [0.25, 0.3) is 0 Å². The Morgan fingerprint density at radius 1 is 1.08 bits per heavy atom. The summed E-state index contributed by atoms with van der Waals surface area (Å²) in [6.07, 6.45) is 0. The molecule has 0 aliphatic carbocycles. The van der Waals surface area contributed by atoms with Crippen molar-refractivity contribution in [2.75, 3.05) is 33.3 Å². The van der Waals surface area contributed by atoms with Crippen LogP contribution in [0.4, 0.5) is 0 Å². The van der Waals surface area contributed by atoms with Crippen LogP contribution in [-0.4, -0.2) is 48.9 Å². The molecule has 2 aromatic rings. The van der Waals surface area contributed by atoms with Gasteiger partial charge in [0.2, 0.25) is 0 Å². The molecular weight excluding hydrogens is 334 g/mol. The summed E-state index contributed by atoms with van der Waals surface area (Å²) < 4.78 is 5.29. The molecule has 25 heavy (non-hydrogen) atoms. The maximum atomic E-state index is 5.95. The lowest BCUT2D eigenvalue weighted by molar-refractivity contribution is 0.130. The van der Waals surface area contributed by atoms with Gasteiger partial charge >= 0.3 is 0 Å². The highest BCUT2D eigenvalue weighted by molar-refractivity contribution is 6.30. The molecule has 0 aromatic heterocycles. The third-order valence-electron chi connectivity index (χ3n) is 4.45. The number of halogens is 1. The highest BCUT2D eigenvalue weighted by Crippen LogP contribution is 2.15. The van der Waals surface area contributed by atoms with Crippen molar-refractivity contribution >= 4 is 17.3 Å².